The third kappa shape index (κ3) is 4.83. The lowest BCUT2D eigenvalue weighted by Crippen LogP contribution is -2.29. The molecule has 10 heteroatoms. The average molecular weight is 545 g/mol. The summed E-state index contributed by atoms with van der Waals surface area (Å²) in [6, 6.07) is 13.0. The fourth-order valence-corrected chi connectivity index (χ4v) is 5.66. The fourth-order valence-electron chi connectivity index (χ4n) is 4.72. The van der Waals surface area contributed by atoms with E-state index in [1.807, 2.05) is 57.2 Å². The van der Waals surface area contributed by atoms with Crippen LogP contribution in [-0.4, -0.2) is 40.7 Å². The number of fused-ring (bicyclic) bond motifs is 1. The maximum absolute atomic E-state index is 13.7. The van der Waals surface area contributed by atoms with E-state index < -0.39 is 17.4 Å². The molecule has 0 aliphatic carbocycles. The van der Waals surface area contributed by atoms with Crippen LogP contribution in [0.3, 0.4) is 0 Å². The summed E-state index contributed by atoms with van der Waals surface area (Å²) in [6.07, 6.45) is 0.0615. The van der Waals surface area contributed by atoms with Gasteiger partial charge in [-0.05, 0) is 62.6 Å². The number of nitrogens with zero attached hydrogens (tertiary/aromatic N) is 3. The number of aromatic nitrogens is 2. The SMILES string of the molecule is CCOC(=O)c1nn(-c2ccc(C)c(C)c2)c(=O)c2c(NC(=O)C3CC(=O)N(c4ccccc4C)C3)scc12. The number of carbonyl (C=O) groups is 3. The summed E-state index contributed by atoms with van der Waals surface area (Å²) in [5.74, 6) is -1.75. The number of nitrogens with one attached hydrogen (secondary N) is 1. The van der Waals surface area contributed by atoms with Crippen LogP contribution in [0.4, 0.5) is 10.7 Å². The van der Waals surface area contributed by atoms with E-state index in [1.54, 1.807) is 23.3 Å². The number of amides is 2. The molecule has 0 saturated carbocycles. The van der Waals surface area contributed by atoms with E-state index in [2.05, 4.69) is 10.4 Å². The summed E-state index contributed by atoms with van der Waals surface area (Å²) in [7, 11) is 0. The van der Waals surface area contributed by atoms with Gasteiger partial charge in [0.25, 0.3) is 5.56 Å². The normalized spacial score (nSPS) is 15.1. The maximum atomic E-state index is 13.7. The number of esters is 1. The predicted molar refractivity (Wildman–Crippen MR) is 151 cm³/mol. The van der Waals surface area contributed by atoms with E-state index in [4.69, 9.17) is 4.74 Å². The van der Waals surface area contributed by atoms with Crippen LogP contribution in [0.5, 0.6) is 0 Å². The van der Waals surface area contributed by atoms with E-state index >= 15 is 0 Å². The number of hydrogen-bond donors (Lipinski definition) is 1. The van der Waals surface area contributed by atoms with Gasteiger partial charge in [0.2, 0.25) is 11.8 Å². The highest BCUT2D eigenvalue weighted by atomic mass is 32.1. The lowest BCUT2D eigenvalue weighted by atomic mass is 10.1. The highest BCUT2D eigenvalue weighted by Gasteiger charge is 2.36. The lowest BCUT2D eigenvalue weighted by Gasteiger charge is -2.18. The third-order valence-electron chi connectivity index (χ3n) is 7.00. The number of benzene rings is 2. The van der Waals surface area contributed by atoms with Crippen molar-refractivity contribution in [1.29, 1.82) is 0 Å². The number of aryl methyl sites for hydroxylation is 3. The second-order valence-electron chi connectivity index (χ2n) is 9.59. The second kappa shape index (κ2) is 10.5. The van der Waals surface area contributed by atoms with E-state index in [9.17, 15) is 19.2 Å². The molecule has 4 aromatic rings. The standard InChI is InChI=1S/C29H28N4O5S/c1-5-38-29(37)25-21-15-39-27(24(21)28(36)33(31-25)20-11-10-16(2)18(4)12-20)30-26(35)19-13-23(34)32(14-19)22-9-7-6-8-17(22)3/h6-12,15,19H,5,13-14H2,1-4H3,(H,30,35). The van der Waals surface area contributed by atoms with Gasteiger partial charge in [-0.15, -0.1) is 11.3 Å². The molecular weight excluding hydrogens is 516 g/mol. The number of para-hydroxylation sites is 1. The van der Waals surface area contributed by atoms with Crippen LogP contribution in [-0.2, 0) is 14.3 Å². The van der Waals surface area contributed by atoms with Crippen LogP contribution in [0.1, 0.15) is 40.5 Å². The zero-order chi connectivity index (χ0) is 27.8. The number of ether oxygens (including phenoxy) is 1. The molecule has 1 fully saturated rings. The van der Waals surface area contributed by atoms with Crippen molar-refractivity contribution in [3.8, 4) is 5.69 Å². The first-order valence-electron chi connectivity index (χ1n) is 12.7. The molecule has 200 valence electrons. The molecule has 1 saturated heterocycles. The van der Waals surface area contributed by atoms with Crippen LogP contribution in [0.15, 0.2) is 52.6 Å². The Morgan fingerprint density at radius 1 is 1.08 bits per heavy atom. The van der Waals surface area contributed by atoms with Gasteiger partial charge in [0.05, 0.1) is 23.6 Å². The molecule has 1 unspecified atom stereocenters. The molecule has 2 amide bonds. The van der Waals surface area contributed by atoms with Gasteiger partial charge in [-0.3, -0.25) is 14.4 Å². The number of anilines is 2. The highest BCUT2D eigenvalue weighted by molar-refractivity contribution is 7.16. The van der Waals surface area contributed by atoms with Gasteiger partial charge in [-0.25, -0.2) is 4.79 Å². The van der Waals surface area contributed by atoms with Crippen LogP contribution in [0.25, 0.3) is 16.5 Å². The molecule has 5 rings (SSSR count). The van der Waals surface area contributed by atoms with Gasteiger partial charge in [0, 0.05) is 29.4 Å². The Bertz CT molecular complexity index is 1690. The van der Waals surface area contributed by atoms with Crippen molar-refractivity contribution in [3.63, 3.8) is 0 Å². The van der Waals surface area contributed by atoms with Crippen LogP contribution in [0, 0.1) is 26.7 Å². The number of hydrogen-bond acceptors (Lipinski definition) is 7. The first-order valence-corrected chi connectivity index (χ1v) is 13.5. The summed E-state index contributed by atoms with van der Waals surface area (Å²) in [6.45, 7) is 7.88. The maximum Gasteiger partial charge on any atom is 0.359 e. The van der Waals surface area contributed by atoms with Gasteiger partial charge in [-0.2, -0.15) is 9.78 Å². The molecule has 0 bridgehead atoms. The highest BCUT2D eigenvalue weighted by Crippen LogP contribution is 2.33. The Morgan fingerprint density at radius 3 is 2.56 bits per heavy atom. The number of thiophene rings is 1. The van der Waals surface area contributed by atoms with Gasteiger partial charge >= 0.3 is 5.97 Å². The Hall–Kier alpha value is -4.31. The zero-order valence-corrected chi connectivity index (χ0v) is 22.9. The fraction of sp³-hybridized carbons (Fsp3) is 0.276. The third-order valence-corrected chi connectivity index (χ3v) is 7.89. The van der Waals surface area contributed by atoms with Crippen molar-refractivity contribution >= 4 is 50.6 Å². The monoisotopic (exact) mass is 544 g/mol. The van der Waals surface area contributed by atoms with Gasteiger partial charge in [0.15, 0.2) is 5.69 Å². The molecule has 3 heterocycles. The van der Waals surface area contributed by atoms with E-state index in [0.29, 0.717) is 16.1 Å². The molecule has 0 radical (unpaired) electrons. The Kier molecular flexibility index (Phi) is 7.05. The molecule has 2 aromatic heterocycles. The summed E-state index contributed by atoms with van der Waals surface area (Å²) in [5.41, 5.74) is 3.75. The molecule has 0 spiro atoms. The quantitative estimate of drug-likeness (QED) is 0.357. The Balaban J connectivity index is 1.52. The minimum Gasteiger partial charge on any atom is -0.461 e. The molecular formula is C29H28N4O5S. The minimum atomic E-state index is -0.661. The van der Waals surface area contributed by atoms with Gasteiger partial charge < -0.3 is 15.0 Å². The Morgan fingerprint density at radius 2 is 1.85 bits per heavy atom. The molecule has 2 aromatic carbocycles. The molecule has 1 atom stereocenters. The molecule has 1 N–H and O–H groups in total. The second-order valence-corrected chi connectivity index (χ2v) is 10.5. The van der Waals surface area contributed by atoms with Crippen LogP contribution >= 0.6 is 11.3 Å². The summed E-state index contributed by atoms with van der Waals surface area (Å²) in [5, 5.41) is 9.62. The van der Waals surface area contributed by atoms with Crippen molar-refractivity contribution in [2.45, 2.75) is 34.1 Å². The van der Waals surface area contributed by atoms with Crippen molar-refractivity contribution in [3.05, 3.63) is 80.6 Å². The molecule has 1 aliphatic heterocycles. The zero-order valence-electron chi connectivity index (χ0n) is 22.1. The molecule has 1 aliphatic rings. The summed E-state index contributed by atoms with van der Waals surface area (Å²) >= 11 is 1.13. The van der Waals surface area contributed by atoms with Crippen molar-refractivity contribution in [2.75, 3.05) is 23.4 Å². The lowest BCUT2D eigenvalue weighted by molar-refractivity contribution is -0.122. The topological polar surface area (TPSA) is 111 Å². The average Bonchev–Trinajstić information content (AvgIpc) is 3.50. The van der Waals surface area contributed by atoms with E-state index in [1.165, 1.54) is 4.68 Å². The van der Waals surface area contributed by atoms with Crippen molar-refractivity contribution < 1.29 is 19.1 Å². The van der Waals surface area contributed by atoms with Gasteiger partial charge in [-0.1, -0.05) is 24.3 Å². The van der Waals surface area contributed by atoms with Crippen molar-refractivity contribution in [1.82, 2.24) is 9.78 Å². The largest absolute Gasteiger partial charge is 0.461 e. The smallest absolute Gasteiger partial charge is 0.359 e. The summed E-state index contributed by atoms with van der Waals surface area (Å²) < 4.78 is 6.38. The molecule has 39 heavy (non-hydrogen) atoms. The van der Waals surface area contributed by atoms with Gasteiger partial charge in [0.1, 0.15) is 5.00 Å². The predicted octanol–water partition coefficient (Wildman–Crippen LogP) is 4.54. The summed E-state index contributed by atoms with van der Waals surface area (Å²) in [4.78, 5) is 54.3. The number of rotatable bonds is 6. The van der Waals surface area contributed by atoms with Crippen LogP contribution in [0.2, 0.25) is 0 Å². The number of carbonyl (C=O) groups excluding carboxylic acids is 3. The van der Waals surface area contributed by atoms with E-state index in [-0.39, 0.29) is 42.5 Å². The first-order chi connectivity index (χ1) is 18.7. The van der Waals surface area contributed by atoms with Crippen molar-refractivity contribution in [2.24, 2.45) is 5.92 Å². The Labute approximate surface area is 229 Å². The van der Waals surface area contributed by atoms with Crippen LogP contribution < -0.4 is 15.8 Å². The minimum absolute atomic E-state index is 0.0109. The van der Waals surface area contributed by atoms with E-state index in [0.717, 1.165) is 33.7 Å². The molecule has 9 nitrogen and oxygen atoms in total. The first kappa shape index (κ1) is 26.3.